The molecule has 0 spiro atoms. The molecule has 0 N–H and O–H groups in total. The molecular formula is C19H15N3O4. The van der Waals surface area contributed by atoms with Gasteiger partial charge in [-0.3, -0.25) is 4.79 Å². The van der Waals surface area contributed by atoms with Crippen molar-refractivity contribution in [2.45, 2.75) is 13.0 Å². The van der Waals surface area contributed by atoms with Crippen molar-refractivity contribution in [3.63, 3.8) is 0 Å². The minimum atomic E-state index is -0.613. The second-order valence-corrected chi connectivity index (χ2v) is 5.48. The SMILES string of the molecule is COC(=O)c1cc(C#N)c(=O)n(CCc2ncc(-c3ccccc3)o2)c1. The fourth-order valence-corrected chi connectivity index (χ4v) is 2.49. The maximum atomic E-state index is 12.2. The third kappa shape index (κ3) is 3.54. The van der Waals surface area contributed by atoms with E-state index in [1.807, 2.05) is 30.3 Å². The van der Waals surface area contributed by atoms with Crippen LogP contribution in [-0.4, -0.2) is 22.6 Å². The Morgan fingerprint density at radius 2 is 2.12 bits per heavy atom. The zero-order valence-electron chi connectivity index (χ0n) is 14.0. The number of esters is 1. The van der Waals surface area contributed by atoms with E-state index in [1.165, 1.54) is 23.9 Å². The number of rotatable bonds is 5. The molecule has 0 saturated heterocycles. The average molecular weight is 349 g/mol. The Bertz CT molecular complexity index is 1030. The first-order valence-corrected chi connectivity index (χ1v) is 7.85. The van der Waals surface area contributed by atoms with Gasteiger partial charge in [0.1, 0.15) is 11.6 Å². The van der Waals surface area contributed by atoms with E-state index in [1.54, 1.807) is 12.3 Å². The standard InChI is InChI=1S/C19H15N3O4/c1-25-19(24)15-9-14(10-20)18(23)22(12-15)8-7-17-21-11-16(26-17)13-5-3-2-4-6-13/h2-6,9,11-12H,7-8H2,1H3. The maximum absolute atomic E-state index is 12.2. The van der Waals surface area contributed by atoms with Crippen LogP contribution in [0.15, 0.2) is 58.0 Å². The summed E-state index contributed by atoms with van der Waals surface area (Å²) in [7, 11) is 1.24. The second kappa shape index (κ2) is 7.49. The molecule has 3 rings (SSSR count). The van der Waals surface area contributed by atoms with E-state index < -0.39 is 11.5 Å². The van der Waals surface area contributed by atoms with Gasteiger partial charge < -0.3 is 13.7 Å². The van der Waals surface area contributed by atoms with Crippen molar-refractivity contribution < 1.29 is 13.9 Å². The number of carbonyl (C=O) groups is 1. The molecule has 2 heterocycles. The smallest absolute Gasteiger partial charge is 0.339 e. The highest BCUT2D eigenvalue weighted by atomic mass is 16.5. The first-order chi connectivity index (χ1) is 12.6. The van der Waals surface area contributed by atoms with E-state index in [4.69, 9.17) is 9.68 Å². The van der Waals surface area contributed by atoms with Crippen molar-refractivity contribution in [3.05, 3.63) is 76.2 Å². The minimum absolute atomic E-state index is 0.120. The first kappa shape index (κ1) is 17.2. The normalized spacial score (nSPS) is 10.3. The zero-order valence-corrected chi connectivity index (χ0v) is 14.0. The Hall–Kier alpha value is -3.66. The molecule has 0 unspecified atom stereocenters. The van der Waals surface area contributed by atoms with Gasteiger partial charge >= 0.3 is 5.97 Å². The number of aryl methyl sites for hydroxylation is 2. The van der Waals surface area contributed by atoms with Crippen molar-refractivity contribution in [2.75, 3.05) is 7.11 Å². The lowest BCUT2D eigenvalue weighted by Gasteiger charge is -2.07. The lowest BCUT2D eigenvalue weighted by Crippen LogP contribution is -2.25. The van der Waals surface area contributed by atoms with Gasteiger partial charge in [-0.15, -0.1) is 0 Å². The van der Waals surface area contributed by atoms with Crippen molar-refractivity contribution >= 4 is 5.97 Å². The van der Waals surface area contributed by atoms with E-state index in [2.05, 4.69) is 9.72 Å². The Labute approximate surface area is 149 Å². The second-order valence-electron chi connectivity index (χ2n) is 5.48. The van der Waals surface area contributed by atoms with Gasteiger partial charge in [0.05, 0.1) is 18.9 Å². The van der Waals surface area contributed by atoms with E-state index in [0.29, 0.717) is 18.1 Å². The number of benzene rings is 1. The van der Waals surface area contributed by atoms with Crippen LogP contribution in [-0.2, 0) is 17.7 Å². The van der Waals surface area contributed by atoms with Crippen molar-refractivity contribution in [2.24, 2.45) is 0 Å². The van der Waals surface area contributed by atoms with Crippen LogP contribution in [0, 0.1) is 11.3 Å². The molecule has 0 radical (unpaired) electrons. The molecule has 0 amide bonds. The molecular weight excluding hydrogens is 334 g/mol. The van der Waals surface area contributed by atoms with Gasteiger partial charge in [0, 0.05) is 24.7 Å². The number of carbonyl (C=O) groups excluding carboxylic acids is 1. The van der Waals surface area contributed by atoms with Crippen LogP contribution >= 0.6 is 0 Å². The molecule has 0 atom stereocenters. The summed E-state index contributed by atoms with van der Waals surface area (Å²) in [5.41, 5.74) is 0.448. The maximum Gasteiger partial charge on any atom is 0.339 e. The number of nitrogens with zero attached hydrogens (tertiary/aromatic N) is 3. The van der Waals surface area contributed by atoms with Gasteiger partial charge in [0.25, 0.3) is 5.56 Å². The van der Waals surface area contributed by atoms with Crippen LogP contribution in [0.25, 0.3) is 11.3 Å². The van der Waals surface area contributed by atoms with Crippen LogP contribution in [0.1, 0.15) is 21.8 Å². The average Bonchev–Trinajstić information content (AvgIpc) is 3.16. The van der Waals surface area contributed by atoms with E-state index in [0.717, 1.165) is 5.56 Å². The topological polar surface area (TPSA) is 98.1 Å². The molecule has 0 fully saturated rings. The fraction of sp³-hybridized carbons (Fsp3) is 0.158. The molecule has 0 saturated carbocycles. The monoisotopic (exact) mass is 349 g/mol. The molecule has 3 aromatic rings. The fourth-order valence-electron chi connectivity index (χ4n) is 2.49. The summed E-state index contributed by atoms with van der Waals surface area (Å²) < 4.78 is 11.6. The number of hydrogen-bond acceptors (Lipinski definition) is 6. The van der Waals surface area contributed by atoms with E-state index in [9.17, 15) is 9.59 Å². The zero-order chi connectivity index (χ0) is 18.5. The summed E-state index contributed by atoms with van der Waals surface area (Å²) in [6.45, 7) is 0.215. The van der Waals surface area contributed by atoms with Crippen LogP contribution in [0.3, 0.4) is 0 Å². The number of pyridine rings is 1. The number of methoxy groups -OCH3 is 1. The lowest BCUT2D eigenvalue weighted by molar-refractivity contribution is 0.0599. The molecule has 0 bridgehead atoms. The molecule has 0 aliphatic carbocycles. The summed E-state index contributed by atoms with van der Waals surface area (Å²) in [6.07, 6.45) is 3.33. The van der Waals surface area contributed by atoms with Crippen LogP contribution in [0.2, 0.25) is 0 Å². The Morgan fingerprint density at radius 1 is 1.35 bits per heavy atom. The van der Waals surface area contributed by atoms with Gasteiger partial charge in [0.2, 0.25) is 0 Å². The molecule has 2 aromatic heterocycles. The van der Waals surface area contributed by atoms with Crippen molar-refractivity contribution in [1.29, 1.82) is 5.26 Å². The molecule has 0 aliphatic rings. The largest absolute Gasteiger partial charge is 0.465 e. The molecule has 7 nitrogen and oxygen atoms in total. The Balaban J connectivity index is 1.82. The summed E-state index contributed by atoms with van der Waals surface area (Å²) >= 11 is 0. The van der Waals surface area contributed by atoms with Gasteiger partial charge in [0.15, 0.2) is 11.7 Å². The number of ether oxygens (including phenoxy) is 1. The summed E-state index contributed by atoms with van der Waals surface area (Å²) in [4.78, 5) is 28.2. The predicted molar refractivity (Wildman–Crippen MR) is 92.4 cm³/mol. The highest BCUT2D eigenvalue weighted by molar-refractivity contribution is 5.89. The summed E-state index contributed by atoms with van der Waals surface area (Å²) in [5, 5.41) is 9.09. The number of hydrogen-bond donors (Lipinski definition) is 0. The molecule has 130 valence electrons. The molecule has 7 heteroatoms. The Morgan fingerprint density at radius 3 is 2.81 bits per heavy atom. The van der Waals surface area contributed by atoms with Crippen molar-refractivity contribution in [1.82, 2.24) is 9.55 Å². The van der Waals surface area contributed by atoms with E-state index >= 15 is 0 Å². The van der Waals surface area contributed by atoms with Crippen molar-refractivity contribution in [3.8, 4) is 17.4 Å². The number of oxazole rings is 1. The van der Waals surface area contributed by atoms with E-state index in [-0.39, 0.29) is 17.7 Å². The lowest BCUT2D eigenvalue weighted by atomic mass is 10.2. The van der Waals surface area contributed by atoms with Gasteiger partial charge in [-0.05, 0) is 6.07 Å². The van der Waals surface area contributed by atoms with Gasteiger partial charge in [-0.25, -0.2) is 9.78 Å². The van der Waals surface area contributed by atoms with Crippen LogP contribution < -0.4 is 5.56 Å². The third-order valence-corrected chi connectivity index (χ3v) is 3.81. The quantitative estimate of drug-likeness (QED) is 0.656. The third-order valence-electron chi connectivity index (χ3n) is 3.81. The molecule has 0 aliphatic heterocycles. The minimum Gasteiger partial charge on any atom is -0.465 e. The first-order valence-electron chi connectivity index (χ1n) is 7.85. The molecule has 26 heavy (non-hydrogen) atoms. The predicted octanol–water partition coefficient (Wildman–Crippen LogP) is 2.40. The van der Waals surface area contributed by atoms with Gasteiger partial charge in [-0.1, -0.05) is 30.3 Å². The highest BCUT2D eigenvalue weighted by Crippen LogP contribution is 2.20. The number of nitriles is 1. The summed E-state index contributed by atoms with van der Waals surface area (Å²) in [6, 6.07) is 12.6. The number of aromatic nitrogens is 2. The van der Waals surface area contributed by atoms with Crippen LogP contribution in [0.4, 0.5) is 0 Å². The summed E-state index contributed by atoms with van der Waals surface area (Å²) in [5.74, 6) is 0.476. The van der Waals surface area contributed by atoms with Gasteiger partial charge in [-0.2, -0.15) is 5.26 Å². The Kier molecular flexibility index (Phi) is 4.94. The highest BCUT2D eigenvalue weighted by Gasteiger charge is 2.13. The molecule has 1 aromatic carbocycles. The van der Waals surface area contributed by atoms with Crippen LogP contribution in [0.5, 0.6) is 0 Å².